The number of nitrogens with zero attached hydrogens (tertiary/aromatic N) is 1. The highest BCUT2D eigenvalue weighted by Crippen LogP contribution is 2.57. The average molecular weight is 495 g/mol. The Morgan fingerprint density at radius 3 is 1.60 bits per heavy atom. The Bertz CT molecular complexity index is 1310. The summed E-state index contributed by atoms with van der Waals surface area (Å²) in [4.78, 5) is 25.9. The van der Waals surface area contributed by atoms with E-state index in [0.717, 1.165) is 6.92 Å². The van der Waals surface area contributed by atoms with Crippen LogP contribution in [0, 0.1) is 6.92 Å². The normalized spacial score (nSPS) is 14.4. The van der Waals surface area contributed by atoms with Gasteiger partial charge in [0.1, 0.15) is 11.5 Å². The lowest BCUT2D eigenvalue weighted by Gasteiger charge is -2.39. The van der Waals surface area contributed by atoms with Gasteiger partial charge in [-0.05, 0) is 53.9 Å². The molecule has 0 saturated heterocycles. The fourth-order valence-corrected chi connectivity index (χ4v) is 4.21. The molecule has 35 heavy (non-hydrogen) atoms. The second-order valence-corrected chi connectivity index (χ2v) is 7.94. The number of imide groups is 1. The fourth-order valence-electron chi connectivity index (χ4n) is 4.21. The van der Waals surface area contributed by atoms with Crippen LogP contribution in [0.1, 0.15) is 37.4 Å². The summed E-state index contributed by atoms with van der Waals surface area (Å²) in [6.07, 6.45) is -11.9. The molecule has 3 aromatic rings. The van der Waals surface area contributed by atoms with E-state index in [9.17, 15) is 46.1 Å². The van der Waals surface area contributed by atoms with E-state index in [0.29, 0.717) is 41.3 Å². The third kappa shape index (κ3) is 3.41. The number of hydrogen-bond acceptors (Lipinski definition) is 4. The number of fused-ring (bicyclic) bond motifs is 1. The van der Waals surface area contributed by atoms with Crippen LogP contribution in [0.25, 0.3) is 0 Å². The van der Waals surface area contributed by atoms with Gasteiger partial charge in [0.2, 0.25) is 5.41 Å². The Morgan fingerprint density at radius 1 is 0.686 bits per heavy atom. The number of rotatable bonds is 3. The number of anilines is 1. The summed E-state index contributed by atoms with van der Waals surface area (Å²) >= 11 is 0. The zero-order valence-electron chi connectivity index (χ0n) is 17.7. The third-order valence-corrected chi connectivity index (χ3v) is 5.92. The number of aromatic hydroxyl groups is 2. The van der Waals surface area contributed by atoms with Crippen LogP contribution < -0.4 is 4.90 Å². The first kappa shape index (κ1) is 24.1. The lowest BCUT2D eigenvalue weighted by atomic mass is 9.72. The first-order valence-electron chi connectivity index (χ1n) is 9.96. The first-order valence-corrected chi connectivity index (χ1v) is 9.96. The number of hydrogen-bond donors (Lipinski definition) is 2. The summed E-state index contributed by atoms with van der Waals surface area (Å²) in [7, 11) is 0. The molecule has 182 valence electrons. The molecule has 0 radical (unpaired) electrons. The number of carbonyl (C=O) groups excluding carboxylic acids is 2. The lowest BCUT2D eigenvalue weighted by Crippen LogP contribution is -2.54. The summed E-state index contributed by atoms with van der Waals surface area (Å²) in [6, 6.07) is 8.49. The van der Waals surface area contributed by atoms with Crippen molar-refractivity contribution in [3.05, 3.63) is 88.5 Å². The molecule has 0 spiro atoms. The van der Waals surface area contributed by atoms with Gasteiger partial charge in [0.15, 0.2) is 0 Å². The molecule has 0 aliphatic carbocycles. The van der Waals surface area contributed by atoms with E-state index < -0.39 is 57.9 Å². The Morgan fingerprint density at radius 2 is 1.14 bits per heavy atom. The van der Waals surface area contributed by atoms with Crippen LogP contribution in [0.2, 0.25) is 0 Å². The van der Waals surface area contributed by atoms with Gasteiger partial charge in [-0.1, -0.05) is 30.3 Å². The predicted octanol–water partition coefficient (Wildman–Crippen LogP) is 5.62. The average Bonchev–Trinajstić information content (AvgIpc) is 3.01. The molecule has 0 fully saturated rings. The second-order valence-electron chi connectivity index (χ2n) is 7.94. The topological polar surface area (TPSA) is 77.8 Å². The van der Waals surface area contributed by atoms with Crippen LogP contribution in [0.4, 0.5) is 32.0 Å². The molecule has 0 saturated carbocycles. The Balaban J connectivity index is 2.01. The van der Waals surface area contributed by atoms with Gasteiger partial charge in [-0.3, -0.25) is 9.59 Å². The SMILES string of the molecule is Cc1cc(C(c2ccc(O)c(N3C(=O)c4ccccc4C3=O)c2)(C(F)(F)F)C(F)(F)F)ccc1O. The monoisotopic (exact) mass is 495 g/mol. The van der Waals surface area contributed by atoms with E-state index in [4.69, 9.17) is 0 Å². The van der Waals surface area contributed by atoms with Gasteiger partial charge in [-0.15, -0.1) is 0 Å². The van der Waals surface area contributed by atoms with Gasteiger partial charge >= 0.3 is 12.4 Å². The summed E-state index contributed by atoms with van der Waals surface area (Å²) in [5.74, 6) is -3.40. The van der Waals surface area contributed by atoms with E-state index in [2.05, 4.69) is 0 Å². The van der Waals surface area contributed by atoms with Crippen molar-refractivity contribution >= 4 is 17.5 Å². The molecule has 11 heteroatoms. The molecule has 2 amide bonds. The number of halogens is 6. The molecule has 1 heterocycles. The van der Waals surface area contributed by atoms with Crippen molar-refractivity contribution in [2.75, 3.05) is 4.90 Å². The Kier molecular flexibility index (Phi) is 5.34. The standard InChI is InChI=1S/C24H15F6NO4/c1-12-10-13(6-8-18(12)32)22(23(25,26)27,24(28,29)30)14-7-9-19(33)17(11-14)31-20(34)15-4-2-3-5-16(15)21(31)35/h2-11,32-33H,1H3. The van der Waals surface area contributed by atoms with Gasteiger partial charge in [-0.2, -0.15) is 26.3 Å². The number of phenolic OH excluding ortho intramolecular Hbond substituents is 2. The van der Waals surface area contributed by atoms with Gasteiger partial charge < -0.3 is 10.2 Å². The number of phenols is 2. The zero-order valence-corrected chi connectivity index (χ0v) is 17.7. The van der Waals surface area contributed by atoms with Gasteiger partial charge in [-0.25, -0.2) is 4.90 Å². The molecule has 0 unspecified atom stereocenters. The van der Waals surface area contributed by atoms with Crippen molar-refractivity contribution in [2.45, 2.75) is 24.7 Å². The van der Waals surface area contributed by atoms with E-state index in [1.807, 2.05) is 0 Å². The van der Waals surface area contributed by atoms with E-state index in [1.54, 1.807) is 0 Å². The predicted molar refractivity (Wildman–Crippen MR) is 111 cm³/mol. The molecule has 0 atom stereocenters. The van der Waals surface area contributed by atoms with Gasteiger partial charge in [0, 0.05) is 0 Å². The second kappa shape index (κ2) is 7.76. The van der Waals surface area contributed by atoms with Crippen LogP contribution in [-0.4, -0.2) is 34.4 Å². The smallest absolute Gasteiger partial charge is 0.411 e. The quantitative estimate of drug-likeness (QED) is 0.366. The van der Waals surface area contributed by atoms with Gasteiger partial charge in [0.25, 0.3) is 11.8 Å². The minimum Gasteiger partial charge on any atom is -0.508 e. The molecule has 2 N–H and O–H groups in total. The minimum absolute atomic E-state index is 0.116. The molecule has 5 nitrogen and oxygen atoms in total. The number of aryl methyl sites for hydroxylation is 1. The highest BCUT2D eigenvalue weighted by molar-refractivity contribution is 6.34. The van der Waals surface area contributed by atoms with Crippen molar-refractivity contribution in [3.63, 3.8) is 0 Å². The Hall–Kier alpha value is -4.02. The van der Waals surface area contributed by atoms with Crippen LogP contribution in [0.3, 0.4) is 0 Å². The van der Waals surface area contributed by atoms with Crippen LogP contribution in [0.5, 0.6) is 11.5 Å². The third-order valence-electron chi connectivity index (χ3n) is 5.92. The number of alkyl halides is 6. The van der Waals surface area contributed by atoms with Crippen molar-refractivity contribution in [2.24, 2.45) is 0 Å². The van der Waals surface area contributed by atoms with Crippen LogP contribution in [0.15, 0.2) is 60.7 Å². The molecular formula is C24H15F6NO4. The molecular weight excluding hydrogens is 480 g/mol. The first-order chi connectivity index (χ1) is 16.2. The van der Waals surface area contributed by atoms with Crippen molar-refractivity contribution < 1.29 is 46.1 Å². The number of carbonyl (C=O) groups is 2. The van der Waals surface area contributed by atoms with E-state index in [-0.39, 0.29) is 16.7 Å². The minimum atomic E-state index is -5.95. The molecule has 0 aromatic heterocycles. The fraction of sp³-hybridized carbons (Fsp3) is 0.167. The highest BCUT2D eigenvalue weighted by Gasteiger charge is 2.72. The van der Waals surface area contributed by atoms with Crippen molar-refractivity contribution in [1.82, 2.24) is 0 Å². The lowest BCUT2D eigenvalue weighted by molar-refractivity contribution is -0.288. The molecule has 4 rings (SSSR count). The number of amides is 2. The largest absolute Gasteiger partial charge is 0.508 e. The molecule has 1 aliphatic heterocycles. The van der Waals surface area contributed by atoms with Crippen LogP contribution in [-0.2, 0) is 5.41 Å². The maximum Gasteiger partial charge on any atom is 0.411 e. The van der Waals surface area contributed by atoms with Gasteiger partial charge in [0.05, 0.1) is 16.8 Å². The highest BCUT2D eigenvalue weighted by atomic mass is 19.4. The molecule has 1 aliphatic rings. The number of benzene rings is 3. The van der Waals surface area contributed by atoms with Crippen LogP contribution >= 0.6 is 0 Å². The van der Waals surface area contributed by atoms with E-state index in [1.165, 1.54) is 24.3 Å². The zero-order chi connectivity index (χ0) is 25.9. The summed E-state index contributed by atoms with van der Waals surface area (Å²) in [6.45, 7) is 1.14. The summed E-state index contributed by atoms with van der Waals surface area (Å²) < 4.78 is 86.8. The van der Waals surface area contributed by atoms with Crippen molar-refractivity contribution in [1.29, 1.82) is 0 Å². The maximum absolute atomic E-state index is 14.5. The Labute approximate surface area is 193 Å². The molecule has 3 aromatic carbocycles. The summed E-state index contributed by atoms with van der Waals surface area (Å²) in [5.41, 5.74) is -8.54. The van der Waals surface area contributed by atoms with E-state index >= 15 is 0 Å². The summed E-state index contributed by atoms with van der Waals surface area (Å²) in [5, 5.41) is 20.0. The molecule has 0 bridgehead atoms. The van der Waals surface area contributed by atoms with Crippen molar-refractivity contribution in [3.8, 4) is 11.5 Å². The maximum atomic E-state index is 14.5.